The van der Waals surface area contributed by atoms with E-state index in [4.69, 9.17) is 9.47 Å². The van der Waals surface area contributed by atoms with Crippen LogP contribution in [0.1, 0.15) is 54.4 Å². The van der Waals surface area contributed by atoms with Crippen LogP contribution < -0.4 is 5.32 Å². The number of hydrogen-bond acceptors (Lipinski definition) is 7. The molecule has 1 aliphatic heterocycles. The summed E-state index contributed by atoms with van der Waals surface area (Å²) in [6.07, 6.45) is 0.0908. The van der Waals surface area contributed by atoms with Gasteiger partial charge >= 0.3 is 11.9 Å². The first kappa shape index (κ1) is 22.9. The molecule has 1 saturated heterocycles. The molecule has 1 aliphatic rings. The zero-order valence-corrected chi connectivity index (χ0v) is 18.3. The van der Waals surface area contributed by atoms with Crippen molar-refractivity contribution in [2.24, 2.45) is 5.92 Å². The number of thiophene rings is 1. The van der Waals surface area contributed by atoms with Crippen molar-refractivity contribution in [3.8, 4) is 0 Å². The van der Waals surface area contributed by atoms with Gasteiger partial charge in [0.1, 0.15) is 5.00 Å². The van der Waals surface area contributed by atoms with Crippen LogP contribution in [0.3, 0.4) is 0 Å². The Kier molecular flexibility index (Phi) is 7.78. The summed E-state index contributed by atoms with van der Waals surface area (Å²) in [5.74, 6) is -1.65. The number of hydrogen-bond donors (Lipinski definition) is 1. The summed E-state index contributed by atoms with van der Waals surface area (Å²) in [6.45, 7) is 9.46. The van der Waals surface area contributed by atoms with Crippen LogP contribution in [0, 0.1) is 19.8 Å². The van der Waals surface area contributed by atoms with Crippen molar-refractivity contribution in [3.63, 3.8) is 0 Å². The number of rotatable bonds is 6. The summed E-state index contributed by atoms with van der Waals surface area (Å²) in [5.41, 5.74) is 1.00. The number of nitrogens with one attached hydrogen (secondary N) is 1. The monoisotopic (exact) mass is 424 g/mol. The fraction of sp³-hybridized carbons (Fsp3) is 0.600. The largest absolute Gasteiger partial charge is 0.466 e. The number of aryl methyl sites for hydroxylation is 1. The zero-order chi connectivity index (χ0) is 21.7. The Morgan fingerprint density at radius 2 is 1.83 bits per heavy atom. The second kappa shape index (κ2) is 9.87. The lowest BCUT2D eigenvalue weighted by atomic mass is 9.97. The SMILES string of the molecule is CCOC(=O)C1CCN(C(=O)[C@H](C)OC(=O)c2c(NC(C)=O)sc(C)c2C)CC1. The molecule has 160 valence electrons. The highest BCUT2D eigenvalue weighted by Gasteiger charge is 2.32. The molecule has 0 radical (unpaired) electrons. The van der Waals surface area contributed by atoms with E-state index in [2.05, 4.69) is 5.32 Å². The van der Waals surface area contributed by atoms with Gasteiger partial charge in [0.25, 0.3) is 5.91 Å². The molecular weight excluding hydrogens is 396 g/mol. The van der Waals surface area contributed by atoms with Gasteiger partial charge in [0.2, 0.25) is 5.91 Å². The third kappa shape index (κ3) is 5.56. The van der Waals surface area contributed by atoms with E-state index in [1.54, 1.807) is 18.7 Å². The van der Waals surface area contributed by atoms with Crippen molar-refractivity contribution in [1.82, 2.24) is 4.90 Å². The predicted octanol–water partition coefficient (Wildman–Crippen LogP) is 2.67. The van der Waals surface area contributed by atoms with Crippen LogP contribution >= 0.6 is 11.3 Å². The Bertz CT molecular complexity index is 795. The summed E-state index contributed by atoms with van der Waals surface area (Å²) >= 11 is 1.30. The van der Waals surface area contributed by atoms with Gasteiger partial charge in [-0.15, -0.1) is 11.3 Å². The number of ether oxygens (including phenoxy) is 2. The molecule has 2 rings (SSSR count). The molecule has 2 amide bonds. The number of anilines is 1. The molecule has 9 heteroatoms. The minimum absolute atomic E-state index is 0.200. The number of likely N-dealkylation sites (tertiary alicyclic amines) is 1. The van der Waals surface area contributed by atoms with E-state index in [9.17, 15) is 19.2 Å². The summed E-state index contributed by atoms with van der Waals surface area (Å²) in [5, 5.41) is 3.07. The van der Waals surface area contributed by atoms with Crippen LogP contribution in [0.5, 0.6) is 0 Å². The quantitative estimate of drug-likeness (QED) is 0.705. The summed E-state index contributed by atoms with van der Waals surface area (Å²) < 4.78 is 10.5. The van der Waals surface area contributed by atoms with Gasteiger partial charge < -0.3 is 19.7 Å². The van der Waals surface area contributed by atoms with Crippen molar-refractivity contribution < 1.29 is 28.7 Å². The molecule has 0 saturated carbocycles. The number of piperidine rings is 1. The fourth-order valence-corrected chi connectivity index (χ4v) is 4.34. The third-order valence-corrected chi connectivity index (χ3v) is 6.06. The van der Waals surface area contributed by atoms with Crippen LogP contribution in [0.15, 0.2) is 0 Å². The van der Waals surface area contributed by atoms with Crippen molar-refractivity contribution in [3.05, 3.63) is 16.0 Å². The van der Waals surface area contributed by atoms with Crippen molar-refractivity contribution in [2.45, 2.75) is 53.6 Å². The molecule has 0 aliphatic carbocycles. The van der Waals surface area contributed by atoms with Crippen molar-refractivity contribution >= 4 is 40.1 Å². The highest BCUT2D eigenvalue weighted by Crippen LogP contribution is 2.33. The summed E-state index contributed by atoms with van der Waals surface area (Å²) in [4.78, 5) is 51.1. The number of nitrogens with zero attached hydrogens (tertiary/aromatic N) is 1. The third-order valence-electron chi connectivity index (χ3n) is 4.94. The Morgan fingerprint density at radius 1 is 1.21 bits per heavy atom. The minimum Gasteiger partial charge on any atom is -0.466 e. The van der Waals surface area contributed by atoms with Gasteiger partial charge in [0, 0.05) is 24.9 Å². The first-order chi connectivity index (χ1) is 13.6. The van der Waals surface area contributed by atoms with Gasteiger partial charge in [-0.2, -0.15) is 0 Å². The fourth-order valence-electron chi connectivity index (χ4n) is 3.24. The van der Waals surface area contributed by atoms with E-state index in [-0.39, 0.29) is 29.3 Å². The molecular formula is C20H28N2O6S. The molecule has 0 bridgehead atoms. The van der Waals surface area contributed by atoms with Gasteiger partial charge in [-0.05, 0) is 46.1 Å². The molecule has 29 heavy (non-hydrogen) atoms. The highest BCUT2D eigenvalue weighted by atomic mass is 32.1. The van der Waals surface area contributed by atoms with Gasteiger partial charge in [0.15, 0.2) is 6.10 Å². The summed E-state index contributed by atoms with van der Waals surface area (Å²) in [6, 6.07) is 0. The lowest BCUT2D eigenvalue weighted by Crippen LogP contribution is -2.45. The molecule has 2 heterocycles. The molecule has 8 nitrogen and oxygen atoms in total. The smallest absolute Gasteiger partial charge is 0.342 e. The molecule has 1 N–H and O–H groups in total. The molecule has 1 atom stereocenters. The maximum absolute atomic E-state index is 12.7. The van der Waals surface area contributed by atoms with Crippen molar-refractivity contribution in [1.29, 1.82) is 0 Å². The van der Waals surface area contributed by atoms with Crippen LogP contribution in [-0.4, -0.2) is 54.5 Å². The second-order valence-electron chi connectivity index (χ2n) is 7.07. The maximum Gasteiger partial charge on any atom is 0.342 e. The van der Waals surface area contributed by atoms with E-state index < -0.39 is 12.1 Å². The van der Waals surface area contributed by atoms with Gasteiger partial charge in [-0.25, -0.2) is 4.79 Å². The van der Waals surface area contributed by atoms with E-state index >= 15 is 0 Å². The van der Waals surface area contributed by atoms with Crippen LogP contribution in [-0.2, 0) is 23.9 Å². The molecule has 0 unspecified atom stereocenters. The lowest BCUT2D eigenvalue weighted by Gasteiger charge is -2.32. The van der Waals surface area contributed by atoms with E-state index in [1.165, 1.54) is 25.2 Å². The van der Waals surface area contributed by atoms with Gasteiger partial charge in [-0.1, -0.05) is 0 Å². The number of carbonyl (C=O) groups is 4. The lowest BCUT2D eigenvalue weighted by molar-refractivity contribution is -0.152. The number of amides is 2. The second-order valence-corrected chi connectivity index (χ2v) is 8.29. The molecule has 1 aromatic heterocycles. The average Bonchev–Trinajstić information content (AvgIpc) is 2.94. The van der Waals surface area contributed by atoms with Gasteiger partial charge in [0.05, 0.1) is 18.1 Å². The van der Waals surface area contributed by atoms with E-state index in [0.29, 0.717) is 37.5 Å². The molecule has 0 aromatic carbocycles. The Labute approximate surface area is 174 Å². The first-order valence-corrected chi connectivity index (χ1v) is 10.5. The Morgan fingerprint density at radius 3 is 2.38 bits per heavy atom. The van der Waals surface area contributed by atoms with Crippen LogP contribution in [0.4, 0.5) is 5.00 Å². The predicted molar refractivity (Wildman–Crippen MR) is 109 cm³/mol. The zero-order valence-electron chi connectivity index (χ0n) is 17.5. The molecule has 0 spiro atoms. The number of carbonyl (C=O) groups excluding carboxylic acids is 4. The molecule has 1 fully saturated rings. The summed E-state index contributed by atoms with van der Waals surface area (Å²) in [7, 11) is 0. The van der Waals surface area contributed by atoms with Crippen molar-refractivity contribution in [2.75, 3.05) is 25.0 Å². The first-order valence-electron chi connectivity index (χ1n) is 9.69. The average molecular weight is 425 g/mol. The Balaban J connectivity index is 1.99. The highest BCUT2D eigenvalue weighted by molar-refractivity contribution is 7.16. The number of esters is 2. The van der Waals surface area contributed by atoms with Crippen LogP contribution in [0.25, 0.3) is 0 Å². The normalized spacial score (nSPS) is 15.6. The van der Waals surface area contributed by atoms with E-state index in [1.807, 2.05) is 6.92 Å². The van der Waals surface area contributed by atoms with E-state index in [0.717, 1.165) is 10.4 Å². The van der Waals surface area contributed by atoms with Gasteiger partial charge in [-0.3, -0.25) is 14.4 Å². The molecule has 1 aromatic rings. The van der Waals surface area contributed by atoms with Crippen LogP contribution in [0.2, 0.25) is 0 Å². The topological polar surface area (TPSA) is 102 Å². The standard InChI is InChI=1S/C20H28N2O6S/c1-6-27-19(25)15-7-9-22(10-8-15)18(24)12(3)28-20(26)16-11(2)13(4)29-17(16)21-14(5)23/h12,15H,6-10H2,1-5H3,(H,21,23)/t12-/m0/s1. The maximum atomic E-state index is 12.7. The Hall–Kier alpha value is -2.42. The minimum atomic E-state index is -0.966.